The molecule has 2 heterocycles. The van der Waals surface area contributed by atoms with Gasteiger partial charge in [-0.1, -0.05) is 130 Å². The number of nitrogens with zero attached hydrogens (tertiary/aromatic N) is 6. The van der Waals surface area contributed by atoms with Crippen LogP contribution in [0, 0.1) is 11.8 Å². The van der Waals surface area contributed by atoms with Crippen molar-refractivity contribution in [1.29, 1.82) is 0 Å². The van der Waals surface area contributed by atoms with Gasteiger partial charge in [0.1, 0.15) is 35.4 Å². The van der Waals surface area contributed by atoms with Gasteiger partial charge >= 0.3 is 18.3 Å². The number of ether oxygens (including phenoxy) is 2. The SMILES string of the molecule is C[C@@H](C(=O)N[C@H](C(=O)N1CCC[C@H]1CN(CCc1ccccc1)C(=O)CNC(=O)c1ccc(C(=O)NCC(=O)N(CCc2ccccc2)C[C@@H]2CCCN2C(=O)[C@@H](NC(=O)[C@H](C)N(C)C(=O)OC(C)(C)C)C2CCCCC2)cc1)C1CCCCC1)N(C)C(=O)OC(C)(C)C.O=C(Cl)c1ccccc1.O=C=O. The van der Waals surface area contributed by atoms with Crippen molar-refractivity contribution in [3.8, 4) is 0 Å². The first-order valence-corrected chi connectivity index (χ1v) is 37.4. The molecule has 26 heteroatoms. The second kappa shape index (κ2) is 42.0. The Balaban J connectivity index is 0.00000134. The monoisotopic (exact) mass is 1480 g/mol. The van der Waals surface area contributed by atoms with Crippen LogP contribution in [0.15, 0.2) is 115 Å². The summed E-state index contributed by atoms with van der Waals surface area (Å²) in [7, 11) is 3.00. The van der Waals surface area contributed by atoms with Gasteiger partial charge in [-0.15, -0.1) is 0 Å². The Labute approximate surface area is 628 Å². The van der Waals surface area contributed by atoms with Crippen LogP contribution in [0.1, 0.15) is 187 Å². The molecule has 4 aromatic carbocycles. The van der Waals surface area contributed by atoms with Gasteiger partial charge in [0.05, 0.1) is 13.1 Å². The smallest absolute Gasteiger partial charge is 0.410 e. The van der Waals surface area contributed by atoms with Crippen molar-refractivity contribution in [2.45, 2.75) is 206 Å². The molecule has 0 aromatic heterocycles. The first-order valence-electron chi connectivity index (χ1n) is 37.1. The summed E-state index contributed by atoms with van der Waals surface area (Å²) >= 11 is 5.16. The number of hydrogen-bond acceptors (Lipinski definition) is 15. The number of hydrogen-bond donors (Lipinski definition) is 4. The average Bonchev–Trinajstić information content (AvgIpc) is 1.55. The maximum absolute atomic E-state index is 14.8. The summed E-state index contributed by atoms with van der Waals surface area (Å²) < 4.78 is 11.1. The van der Waals surface area contributed by atoms with E-state index in [9.17, 15) is 52.7 Å². The number of nitrogens with one attached hydrogen (secondary N) is 4. The molecule has 4 aromatic rings. The molecule has 4 aliphatic rings. The van der Waals surface area contributed by atoms with E-state index in [1.165, 1.54) is 48.2 Å². The third-order valence-corrected chi connectivity index (χ3v) is 20.0. The van der Waals surface area contributed by atoms with Crippen molar-refractivity contribution >= 4 is 82.4 Å². The topological polar surface area (TPSA) is 308 Å². The largest absolute Gasteiger partial charge is 0.444 e. The van der Waals surface area contributed by atoms with Gasteiger partial charge in [-0.3, -0.25) is 53.0 Å². The molecule has 25 nitrogen and oxygen atoms in total. The van der Waals surface area contributed by atoms with Crippen molar-refractivity contribution < 1.29 is 71.8 Å². The van der Waals surface area contributed by atoms with Crippen LogP contribution in [0.3, 0.4) is 0 Å². The molecule has 0 radical (unpaired) electrons. The van der Waals surface area contributed by atoms with Gasteiger partial charge in [0, 0.05) is 82.1 Å². The molecule has 2 aliphatic carbocycles. The van der Waals surface area contributed by atoms with Crippen molar-refractivity contribution in [2.75, 3.05) is 66.5 Å². The van der Waals surface area contributed by atoms with E-state index in [4.69, 9.17) is 30.7 Å². The van der Waals surface area contributed by atoms with Gasteiger partial charge in [-0.25, -0.2) is 9.59 Å². The first-order chi connectivity index (χ1) is 50.4. The van der Waals surface area contributed by atoms with E-state index in [0.717, 1.165) is 75.3 Å². The van der Waals surface area contributed by atoms with E-state index < -0.39 is 76.4 Å². The van der Waals surface area contributed by atoms with Crippen molar-refractivity contribution in [3.63, 3.8) is 0 Å². The third-order valence-electron chi connectivity index (χ3n) is 19.8. The Morgan fingerprint density at radius 3 is 1.12 bits per heavy atom. The highest BCUT2D eigenvalue weighted by molar-refractivity contribution is 6.67. The summed E-state index contributed by atoms with van der Waals surface area (Å²) in [6, 6.07) is 29.9. The Bertz CT molecular complexity index is 3390. The van der Waals surface area contributed by atoms with Gasteiger partial charge < -0.3 is 50.3 Å². The lowest BCUT2D eigenvalue weighted by Crippen LogP contribution is -2.58. The van der Waals surface area contributed by atoms with E-state index >= 15 is 0 Å². The van der Waals surface area contributed by atoms with E-state index in [-0.39, 0.29) is 91.0 Å². The van der Waals surface area contributed by atoms with Crippen LogP contribution in [0.25, 0.3) is 0 Å². The number of likely N-dealkylation sites (N-methyl/N-ethyl adjacent to an activating group) is 2. The molecule has 10 amide bonds. The molecule has 0 bridgehead atoms. The quantitative estimate of drug-likeness (QED) is 0.0404. The molecular formula is C80H109ClN10O15. The summed E-state index contributed by atoms with van der Waals surface area (Å²) in [5.74, 6) is -3.37. The lowest BCUT2D eigenvalue weighted by Gasteiger charge is -2.37. The molecule has 4 N–H and O–H groups in total. The van der Waals surface area contributed by atoms with Crippen LogP contribution in [-0.2, 0) is 60.7 Å². The maximum Gasteiger partial charge on any atom is 0.410 e. The standard InChI is InChI=1S/C72H104N10O12.C7H5ClO.CO2/c1-49(77(9)69(91)93-71(3,4)5)63(85)75-61(53-29-19-13-20-30-53)67(89)81-41-23-33-57(81)47-79(43-39-51-25-15-11-16-26-51)59(83)45-73-65(87)55-35-37-56(38-36-55)66(88)74-46-60(84)80(44-40-52-27-17-12-18-28-52)48-58-34-24-42-82(58)68(90)62(54-31-21-14-22-32-54)76-64(86)50(2)78(10)70(92)94-72(6,7)8;8-7(9)6-4-2-1-3-5-6;2-1-3/h11-12,15-18,25-28,35-38,49-50,53-54,57-58,61-62H,13-14,19-24,29-34,39-48H2,1-10H3,(H,73,87)(H,74,88)(H,75,85)(H,76,86);1-5H;/t49-,50-,57-,58-,61-,62-;;/m0../s1. The molecule has 4 fully saturated rings. The van der Waals surface area contributed by atoms with Crippen LogP contribution in [-0.4, -0.2) is 214 Å². The molecule has 2 aliphatic heterocycles. The van der Waals surface area contributed by atoms with Crippen LogP contribution in [0.5, 0.6) is 0 Å². The lowest BCUT2D eigenvalue weighted by atomic mass is 9.83. The predicted octanol–water partition coefficient (Wildman–Crippen LogP) is 9.39. The van der Waals surface area contributed by atoms with Gasteiger partial charge in [-0.2, -0.15) is 9.59 Å². The molecule has 2 saturated carbocycles. The van der Waals surface area contributed by atoms with Crippen LogP contribution < -0.4 is 21.3 Å². The van der Waals surface area contributed by atoms with Crippen LogP contribution in [0.2, 0.25) is 0 Å². The highest BCUT2D eigenvalue weighted by atomic mass is 35.5. The van der Waals surface area contributed by atoms with Crippen molar-refractivity contribution in [3.05, 3.63) is 143 Å². The number of carbonyl (C=O) groups is 11. The zero-order chi connectivity index (χ0) is 77.7. The van der Waals surface area contributed by atoms with Gasteiger partial charge in [0.15, 0.2) is 0 Å². The number of amides is 10. The Morgan fingerprint density at radius 1 is 0.481 bits per heavy atom. The van der Waals surface area contributed by atoms with E-state index in [1.54, 1.807) is 99.3 Å². The van der Waals surface area contributed by atoms with Gasteiger partial charge in [0.2, 0.25) is 35.4 Å². The highest BCUT2D eigenvalue weighted by Crippen LogP contribution is 2.32. The zero-order valence-corrected chi connectivity index (χ0v) is 64.0. The van der Waals surface area contributed by atoms with Crippen molar-refractivity contribution in [1.82, 2.24) is 50.7 Å². The normalized spacial score (nSPS) is 17.1. The first kappa shape index (κ1) is 85.4. The summed E-state index contributed by atoms with van der Waals surface area (Å²) in [6.07, 6.45) is 11.5. The Morgan fingerprint density at radius 2 is 0.811 bits per heavy atom. The summed E-state index contributed by atoms with van der Waals surface area (Å²) in [5, 5.41) is 11.2. The molecule has 0 unspecified atom stereocenters. The molecule has 2 saturated heterocycles. The van der Waals surface area contributed by atoms with E-state index in [0.29, 0.717) is 70.3 Å². The Kier molecular flexibility index (Phi) is 33.9. The minimum absolute atomic E-state index is 0.106. The lowest BCUT2D eigenvalue weighted by molar-refractivity contribution is -0.192. The molecule has 8 rings (SSSR count). The summed E-state index contributed by atoms with van der Waals surface area (Å²) in [6.45, 7) is 14.9. The molecule has 106 heavy (non-hydrogen) atoms. The molecule has 0 spiro atoms. The molecule has 576 valence electrons. The third kappa shape index (κ3) is 27.1. The Hall–Kier alpha value is -9.48. The fraction of sp³-hybridized carbons (Fsp3) is 0.550. The second-order valence-electron chi connectivity index (χ2n) is 29.8. The predicted molar refractivity (Wildman–Crippen MR) is 400 cm³/mol. The summed E-state index contributed by atoms with van der Waals surface area (Å²) in [4.78, 5) is 176. The zero-order valence-electron chi connectivity index (χ0n) is 63.2. The van der Waals surface area contributed by atoms with Gasteiger partial charge in [0.25, 0.3) is 17.1 Å². The number of rotatable bonds is 27. The minimum atomic E-state index is -0.921. The van der Waals surface area contributed by atoms with Crippen LogP contribution >= 0.6 is 11.6 Å². The van der Waals surface area contributed by atoms with Crippen molar-refractivity contribution in [2.24, 2.45) is 11.8 Å². The summed E-state index contributed by atoms with van der Waals surface area (Å²) in [5.41, 5.74) is 1.42. The number of halogens is 1. The number of benzene rings is 4. The maximum atomic E-state index is 14.8. The minimum Gasteiger partial charge on any atom is -0.444 e. The molecular weight excluding hydrogens is 1380 g/mol. The molecule has 6 atom stereocenters. The van der Waals surface area contributed by atoms with E-state index in [1.807, 2.05) is 66.7 Å². The fourth-order valence-corrected chi connectivity index (χ4v) is 13.7. The second-order valence-corrected chi connectivity index (χ2v) is 30.1. The fourth-order valence-electron chi connectivity index (χ4n) is 13.6. The van der Waals surface area contributed by atoms with Gasteiger partial charge in [-0.05, 0) is 178 Å². The van der Waals surface area contributed by atoms with Crippen LogP contribution in [0.4, 0.5) is 9.59 Å². The average molecular weight is 1490 g/mol. The van der Waals surface area contributed by atoms with E-state index in [2.05, 4.69) is 21.3 Å². The number of carbonyl (C=O) groups excluding carboxylic acids is 13. The number of likely N-dealkylation sites (tertiary alicyclic amines) is 2. The highest BCUT2D eigenvalue weighted by Gasteiger charge is 2.43.